The fraction of sp³-hybridized carbons (Fsp3) is 0. The molecule has 0 spiro atoms. The summed E-state index contributed by atoms with van der Waals surface area (Å²) in [6.07, 6.45) is 1.79. The third-order valence-corrected chi connectivity index (χ3v) is 8.41. The Morgan fingerprint density at radius 2 is 0.717 bits per heavy atom. The minimum Gasteiger partial charge on any atom is -0.345 e. The number of hydrogen-bond acceptors (Lipinski definition) is 5. The van der Waals surface area contributed by atoms with Crippen LogP contribution in [0.15, 0.2) is 206 Å². The van der Waals surface area contributed by atoms with E-state index in [-0.39, 0.29) is 20.1 Å². The van der Waals surface area contributed by atoms with Gasteiger partial charge in [0.25, 0.3) is 0 Å². The molecule has 2 aromatic heterocycles. The topological polar surface area (TPSA) is 53.5 Å². The Morgan fingerprint density at radius 1 is 0.358 bits per heavy atom. The average Bonchev–Trinajstić information content (AvgIpc) is 3.24. The van der Waals surface area contributed by atoms with Crippen LogP contribution < -0.4 is 13.6 Å². The van der Waals surface area contributed by atoms with Gasteiger partial charge in [-0.3, -0.25) is 13.6 Å². The van der Waals surface area contributed by atoms with Crippen LogP contribution >= 0.6 is 8.60 Å². The predicted molar refractivity (Wildman–Crippen MR) is 211 cm³/mol. The summed E-state index contributed by atoms with van der Waals surface area (Å²) >= 11 is 0. The molecule has 0 bridgehead atoms. The van der Waals surface area contributed by atoms with E-state index in [0.29, 0.717) is 0 Å². The Balaban J connectivity index is 0.000000158. The Bertz CT molecular complexity index is 1960. The van der Waals surface area contributed by atoms with Crippen LogP contribution in [0.3, 0.4) is 0 Å². The first-order chi connectivity index (χ1) is 25.8. The van der Waals surface area contributed by atoms with Gasteiger partial charge < -0.3 is 9.97 Å². The van der Waals surface area contributed by atoms with Gasteiger partial charge in [0.1, 0.15) is 0 Å². The van der Waals surface area contributed by atoms with Gasteiger partial charge in [0, 0.05) is 6.20 Å². The molecule has 260 valence electrons. The molecule has 0 N–H and O–H groups in total. The van der Waals surface area contributed by atoms with Gasteiger partial charge in [-0.1, -0.05) is 84.9 Å². The molecule has 0 saturated heterocycles. The summed E-state index contributed by atoms with van der Waals surface area (Å²) in [6, 6.07) is 73.6. The summed E-state index contributed by atoms with van der Waals surface area (Å²) in [5.41, 5.74) is 5.90. The van der Waals surface area contributed by atoms with E-state index in [4.69, 9.17) is 13.6 Å². The molecule has 8 rings (SSSR count). The van der Waals surface area contributed by atoms with Gasteiger partial charge in [0.05, 0.1) is 0 Å². The molecule has 7 heteroatoms. The summed E-state index contributed by atoms with van der Waals surface area (Å²) in [7, 11) is -2.00. The zero-order valence-electron chi connectivity index (χ0n) is 28.6. The summed E-state index contributed by atoms with van der Waals surface area (Å²) in [5.74, 6) is 2.18. The van der Waals surface area contributed by atoms with E-state index in [1.807, 2.05) is 200 Å². The van der Waals surface area contributed by atoms with Crippen LogP contribution in [-0.2, 0) is 20.1 Å². The molecule has 0 radical (unpaired) electrons. The molecule has 0 aliphatic carbocycles. The maximum absolute atomic E-state index is 5.88. The molecule has 0 amide bonds. The van der Waals surface area contributed by atoms with Crippen LogP contribution in [0.2, 0.25) is 0 Å². The van der Waals surface area contributed by atoms with Crippen LogP contribution in [0, 0.1) is 18.2 Å². The molecule has 2 heterocycles. The first-order valence-electron chi connectivity index (χ1n) is 16.7. The normalized spacial score (nSPS) is 9.91. The summed E-state index contributed by atoms with van der Waals surface area (Å²) in [6.45, 7) is 0. The molecular weight excluding hydrogens is 852 g/mol. The van der Waals surface area contributed by atoms with Crippen LogP contribution in [0.5, 0.6) is 17.2 Å². The second-order valence-electron chi connectivity index (χ2n) is 10.9. The number of para-hydroxylation sites is 3. The van der Waals surface area contributed by atoms with Gasteiger partial charge in [-0.15, -0.1) is 108 Å². The standard InChI is InChI=1S/C18H16O3P.C17H11N.C11H8N.Ir/c1-4-10-16(11-5-1)19-22(20-17-12-6-2-7-13-17)21-18-14-8-3-9-15-18;1-3-8-14(9-4-1)16-12-7-13-17(18-16)15-10-5-2-6-11-15;1-2-6-10(7-3-1)11-8-4-5-9-12-11;/h1-15,22H;1-8,10,12-13H;1-6,8-9H;/q+1;-2;-1;+3. The van der Waals surface area contributed by atoms with Crippen molar-refractivity contribution in [3.8, 4) is 51.0 Å². The Labute approximate surface area is 326 Å². The average molecular weight is 887 g/mol. The molecule has 8 aromatic rings. The quantitative estimate of drug-likeness (QED) is 0.107. The first kappa shape index (κ1) is 38.3. The maximum atomic E-state index is 5.88. The Hall–Kier alpha value is -5.90. The summed E-state index contributed by atoms with van der Waals surface area (Å²) in [4.78, 5) is 8.87. The van der Waals surface area contributed by atoms with Gasteiger partial charge in [0.2, 0.25) is 0 Å². The van der Waals surface area contributed by atoms with E-state index in [1.165, 1.54) is 0 Å². The molecule has 6 aromatic carbocycles. The smallest absolute Gasteiger partial charge is 0.345 e. The maximum Gasteiger partial charge on any atom is 3.00 e. The van der Waals surface area contributed by atoms with Gasteiger partial charge in [0.15, 0.2) is 17.2 Å². The third-order valence-electron chi connectivity index (χ3n) is 7.20. The molecule has 0 fully saturated rings. The predicted octanol–water partition coefficient (Wildman–Crippen LogP) is 11.7. The second kappa shape index (κ2) is 21.5. The number of nitrogens with zero attached hydrogens (tertiary/aromatic N) is 2. The van der Waals surface area contributed by atoms with Gasteiger partial charge in [-0.25, -0.2) is 0 Å². The molecule has 0 unspecified atom stereocenters. The minimum absolute atomic E-state index is 0. The Kier molecular flexibility index (Phi) is 15.5. The van der Waals surface area contributed by atoms with Gasteiger partial charge in [-0.05, 0) is 59.5 Å². The molecule has 0 saturated carbocycles. The molecule has 0 aliphatic heterocycles. The number of pyridine rings is 2. The monoisotopic (exact) mass is 887 g/mol. The number of hydrogen-bond donors (Lipinski definition) is 0. The fourth-order valence-electron chi connectivity index (χ4n) is 4.73. The van der Waals surface area contributed by atoms with E-state index in [2.05, 4.69) is 28.2 Å². The van der Waals surface area contributed by atoms with Crippen molar-refractivity contribution in [2.24, 2.45) is 0 Å². The second-order valence-corrected chi connectivity index (χ2v) is 12.1. The summed E-state index contributed by atoms with van der Waals surface area (Å²) < 4.78 is 17.6. The zero-order valence-corrected chi connectivity index (χ0v) is 32.0. The third kappa shape index (κ3) is 12.7. The van der Waals surface area contributed by atoms with Crippen LogP contribution in [0.1, 0.15) is 0 Å². The largest absolute Gasteiger partial charge is 3.00 e. The van der Waals surface area contributed by atoms with E-state index in [9.17, 15) is 0 Å². The molecule has 53 heavy (non-hydrogen) atoms. The van der Waals surface area contributed by atoms with Crippen molar-refractivity contribution >= 4 is 8.60 Å². The first-order valence-corrected chi connectivity index (χ1v) is 17.9. The van der Waals surface area contributed by atoms with E-state index < -0.39 is 8.60 Å². The molecule has 5 nitrogen and oxygen atoms in total. The molecular formula is C46H35IrN2O3P+. The number of aromatic nitrogens is 2. The molecule has 0 atom stereocenters. The minimum atomic E-state index is -2.00. The zero-order chi connectivity index (χ0) is 35.5. The van der Waals surface area contributed by atoms with E-state index in [0.717, 1.165) is 51.0 Å². The van der Waals surface area contributed by atoms with Crippen LogP contribution in [0.4, 0.5) is 0 Å². The van der Waals surface area contributed by atoms with Crippen molar-refractivity contribution in [1.29, 1.82) is 0 Å². The van der Waals surface area contributed by atoms with E-state index >= 15 is 0 Å². The Morgan fingerprint density at radius 3 is 1.08 bits per heavy atom. The van der Waals surface area contributed by atoms with Gasteiger partial charge in [-0.2, -0.15) is 0 Å². The van der Waals surface area contributed by atoms with Gasteiger partial charge >= 0.3 is 28.7 Å². The van der Waals surface area contributed by atoms with Crippen molar-refractivity contribution in [1.82, 2.24) is 9.97 Å². The molecule has 0 aliphatic rings. The van der Waals surface area contributed by atoms with Crippen LogP contribution in [-0.4, -0.2) is 9.97 Å². The van der Waals surface area contributed by atoms with Crippen LogP contribution in [0.25, 0.3) is 33.8 Å². The SMILES string of the molecule is [Ir+3].[c-]1ccccc1-c1cccc(-c2[c-]cccc2)n1.[c-]1ccccc1-c1ccccn1.c1ccc(O[PH+](Oc2ccccc2)Oc2ccccc2)cc1. The summed E-state index contributed by atoms with van der Waals surface area (Å²) in [5, 5.41) is 0. The fourth-order valence-corrected chi connectivity index (χ4v) is 5.84. The number of rotatable bonds is 9. The number of benzene rings is 6. The van der Waals surface area contributed by atoms with E-state index in [1.54, 1.807) is 6.20 Å². The van der Waals surface area contributed by atoms with Crippen molar-refractivity contribution in [3.05, 3.63) is 225 Å². The van der Waals surface area contributed by atoms with Crippen molar-refractivity contribution in [3.63, 3.8) is 0 Å². The van der Waals surface area contributed by atoms with Crippen molar-refractivity contribution < 1.29 is 33.7 Å². The van der Waals surface area contributed by atoms with Crippen molar-refractivity contribution in [2.75, 3.05) is 0 Å². The van der Waals surface area contributed by atoms with Crippen molar-refractivity contribution in [2.45, 2.75) is 0 Å².